The lowest BCUT2D eigenvalue weighted by molar-refractivity contribution is -0.220. The van der Waals surface area contributed by atoms with Crippen LogP contribution in [-0.2, 0) is 27.9 Å². The van der Waals surface area contributed by atoms with Gasteiger partial charge in [0.05, 0.1) is 13.2 Å². The summed E-state index contributed by atoms with van der Waals surface area (Å²) in [6.07, 6.45) is 20.3. The molecular formula is C41H81O12P. The summed E-state index contributed by atoms with van der Waals surface area (Å²) in [7, 11) is -5.00. The molecule has 0 heterocycles. The largest absolute Gasteiger partial charge is 0.472 e. The van der Waals surface area contributed by atoms with Gasteiger partial charge in [0.2, 0.25) is 0 Å². The Labute approximate surface area is 327 Å². The summed E-state index contributed by atoms with van der Waals surface area (Å²) in [6.45, 7) is 4.27. The average molecular weight is 797 g/mol. The number of phosphoric ester groups is 1. The monoisotopic (exact) mass is 797 g/mol. The molecule has 54 heavy (non-hydrogen) atoms. The van der Waals surface area contributed by atoms with Gasteiger partial charge >= 0.3 is 13.8 Å². The second-order valence-electron chi connectivity index (χ2n) is 15.6. The van der Waals surface area contributed by atoms with Crippen LogP contribution in [-0.4, -0.2) is 98.9 Å². The summed E-state index contributed by atoms with van der Waals surface area (Å²) >= 11 is 0. The molecule has 12 nitrogen and oxygen atoms in total. The summed E-state index contributed by atoms with van der Waals surface area (Å²) in [4.78, 5) is 23.0. The van der Waals surface area contributed by atoms with Gasteiger partial charge in [0.25, 0.3) is 0 Å². The molecule has 1 rings (SSSR count). The summed E-state index contributed by atoms with van der Waals surface area (Å²) < 4.78 is 34.1. The molecule has 6 unspecified atom stereocenters. The first-order valence-corrected chi connectivity index (χ1v) is 23.4. The molecule has 0 radical (unpaired) electrons. The van der Waals surface area contributed by atoms with Crippen LogP contribution in [0.4, 0.5) is 0 Å². The number of unbranched alkanes of at least 4 members (excludes halogenated alkanes) is 25. The van der Waals surface area contributed by atoms with Crippen LogP contribution in [0.15, 0.2) is 0 Å². The van der Waals surface area contributed by atoms with Crippen molar-refractivity contribution in [2.24, 2.45) is 0 Å². The van der Waals surface area contributed by atoms with Crippen LogP contribution >= 0.6 is 7.82 Å². The maximum atomic E-state index is 12.8. The normalized spacial score (nSPS) is 23.3. The number of ether oxygens (including phenoxy) is 2. The third-order valence-corrected chi connectivity index (χ3v) is 11.5. The van der Waals surface area contributed by atoms with Crippen molar-refractivity contribution in [2.45, 2.75) is 236 Å². The molecule has 6 atom stereocenters. The fraction of sp³-hybridized carbons (Fsp3) is 0.976. The highest BCUT2D eigenvalue weighted by Gasteiger charge is 2.51. The summed E-state index contributed by atoms with van der Waals surface area (Å²) in [5.74, 6) is -0.474. The van der Waals surface area contributed by atoms with Crippen LogP contribution < -0.4 is 0 Å². The summed E-state index contributed by atoms with van der Waals surface area (Å²) in [5.41, 5.74) is 0. The van der Waals surface area contributed by atoms with E-state index in [1.54, 1.807) is 0 Å². The Bertz CT molecular complexity index is 911. The quantitative estimate of drug-likeness (QED) is 0.0201. The Balaban J connectivity index is 2.39. The maximum Gasteiger partial charge on any atom is 0.472 e. The summed E-state index contributed by atoms with van der Waals surface area (Å²) in [5, 5.41) is 50.0. The molecule has 0 bridgehead atoms. The van der Waals surface area contributed by atoms with E-state index in [1.807, 2.05) is 0 Å². The molecule has 322 valence electrons. The van der Waals surface area contributed by atoms with Gasteiger partial charge in [-0.3, -0.25) is 13.8 Å². The standard InChI is InChI=1S/C41H81O12P/c1-3-5-7-9-11-13-15-16-17-18-19-21-23-25-27-29-31-50-32-34(52-35(42)30-28-26-24-22-20-14-12-10-8-6-4-2)33-51-54(48,49)53-41-39(46)37(44)36(43)38(45)40(41)47/h34,36-41,43-47H,3-33H2,1-2H3,(H,48,49). The third-order valence-electron chi connectivity index (χ3n) is 10.5. The van der Waals surface area contributed by atoms with Gasteiger partial charge < -0.3 is 39.9 Å². The van der Waals surface area contributed by atoms with Crippen LogP contribution in [0.3, 0.4) is 0 Å². The van der Waals surface area contributed by atoms with Crippen LogP contribution in [0.25, 0.3) is 0 Å². The Morgan fingerprint density at radius 1 is 0.519 bits per heavy atom. The number of carbonyl (C=O) groups excluding carboxylic acids is 1. The zero-order valence-corrected chi connectivity index (χ0v) is 34.9. The fourth-order valence-corrected chi connectivity index (χ4v) is 7.92. The highest BCUT2D eigenvalue weighted by atomic mass is 31.2. The number of aliphatic hydroxyl groups excluding tert-OH is 5. The number of hydrogen-bond donors (Lipinski definition) is 6. The zero-order valence-electron chi connectivity index (χ0n) is 34.0. The van der Waals surface area contributed by atoms with Crippen molar-refractivity contribution in [3.8, 4) is 0 Å². The van der Waals surface area contributed by atoms with E-state index in [-0.39, 0.29) is 13.0 Å². The van der Waals surface area contributed by atoms with Crippen molar-refractivity contribution in [2.75, 3.05) is 19.8 Å². The minimum absolute atomic E-state index is 0.0684. The number of hydrogen-bond acceptors (Lipinski definition) is 11. The molecule has 0 spiro atoms. The molecular weight excluding hydrogens is 715 g/mol. The second kappa shape index (κ2) is 33.3. The minimum Gasteiger partial charge on any atom is -0.457 e. The van der Waals surface area contributed by atoms with Gasteiger partial charge in [0, 0.05) is 13.0 Å². The lowest BCUT2D eigenvalue weighted by Crippen LogP contribution is -2.64. The van der Waals surface area contributed by atoms with Crippen molar-refractivity contribution >= 4 is 13.8 Å². The predicted molar refractivity (Wildman–Crippen MR) is 212 cm³/mol. The SMILES string of the molecule is CCCCCCCCCCCCCCCCCCOCC(COP(=O)(O)OC1C(O)C(O)C(O)C(O)C1O)OC(=O)CCCCCCCCCCCCC. The molecule has 0 aromatic heterocycles. The molecule has 6 N–H and O–H groups in total. The molecule has 1 aliphatic carbocycles. The minimum atomic E-state index is -5.00. The molecule has 0 aromatic carbocycles. The van der Waals surface area contributed by atoms with Gasteiger partial charge in [-0.2, -0.15) is 0 Å². The van der Waals surface area contributed by atoms with E-state index < -0.39 is 63.1 Å². The number of rotatable bonds is 37. The molecule has 1 saturated carbocycles. The summed E-state index contributed by atoms with van der Waals surface area (Å²) in [6, 6.07) is 0. The van der Waals surface area contributed by atoms with Crippen LogP contribution in [0, 0.1) is 0 Å². The van der Waals surface area contributed by atoms with Crippen molar-refractivity contribution in [1.29, 1.82) is 0 Å². The van der Waals surface area contributed by atoms with Crippen LogP contribution in [0.1, 0.15) is 194 Å². The zero-order chi connectivity index (χ0) is 39.9. The van der Waals surface area contributed by atoms with Gasteiger partial charge in [-0.25, -0.2) is 4.57 Å². The number of esters is 1. The molecule has 13 heteroatoms. The van der Waals surface area contributed by atoms with Gasteiger partial charge in [-0.05, 0) is 12.8 Å². The second-order valence-corrected chi connectivity index (χ2v) is 17.0. The third kappa shape index (κ3) is 25.6. The van der Waals surface area contributed by atoms with Crippen molar-refractivity contribution < 1.29 is 58.3 Å². The van der Waals surface area contributed by atoms with Gasteiger partial charge in [0.15, 0.2) is 0 Å². The highest BCUT2D eigenvalue weighted by molar-refractivity contribution is 7.47. The maximum absolute atomic E-state index is 12.8. The molecule has 1 fully saturated rings. The van der Waals surface area contributed by atoms with E-state index in [0.717, 1.165) is 38.5 Å². The number of aliphatic hydroxyl groups is 5. The fourth-order valence-electron chi connectivity index (χ4n) is 6.94. The first-order chi connectivity index (χ1) is 26.0. The highest BCUT2D eigenvalue weighted by Crippen LogP contribution is 2.47. The Hall–Kier alpha value is -0.660. The van der Waals surface area contributed by atoms with Crippen LogP contribution in [0.5, 0.6) is 0 Å². The Kier molecular flexibility index (Phi) is 31.7. The lowest BCUT2D eigenvalue weighted by atomic mass is 9.85. The van der Waals surface area contributed by atoms with E-state index in [0.29, 0.717) is 13.0 Å². The molecule has 0 amide bonds. The van der Waals surface area contributed by atoms with Gasteiger partial charge in [0.1, 0.15) is 42.7 Å². The number of phosphoric acid groups is 1. The van der Waals surface area contributed by atoms with E-state index >= 15 is 0 Å². The topological polar surface area (TPSA) is 192 Å². The average Bonchev–Trinajstić information content (AvgIpc) is 3.15. The van der Waals surface area contributed by atoms with E-state index in [2.05, 4.69) is 13.8 Å². The van der Waals surface area contributed by atoms with Crippen molar-refractivity contribution in [3.63, 3.8) is 0 Å². The molecule has 0 aromatic rings. The molecule has 1 aliphatic rings. The van der Waals surface area contributed by atoms with Crippen LogP contribution in [0.2, 0.25) is 0 Å². The van der Waals surface area contributed by atoms with E-state index in [4.69, 9.17) is 18.5 Å². The predicted octanol–water partition coefficient (Wildman–Crippen LogP) is 8.20. The first-order valence-electron chi connectivity index (χ1n) is 21.9. The van der Waals surface area contributed by atoms with Gasteiger partial charge in [-0.15, -0.1) is 0 Å². The van der Waals surface area contributed by atoms with E-state index in [1.165, 1.54) is 128 Å². The van der Waals surface area contributed by atoms with Crippen molar-refractivity contribution in [1.82, 2.24) is 0 Å². The smallest absolute Gasteiger partial charge is 0.457 e. The first kappa shape index (κ1) is 51.4. The lowest BCUT2D eigenvalue weighted by Gasteiger charge is -2.41. The van der Waals surface area contributed by atoms with Crippen molar-refractivity contribution in [3.05, 3.63) is 0 Å². The molecule has 0 aliphatic heterocycles. The van der Waals surface area contributed by atoms with Gasteiger partial charge in [-0.1, -0.05) is 174 Å². The Morgan fingerprint density at radius 2 is 0.870 bits per heavy atom. The number of carbonyl (C=O) groups is 1. The van der Waals surface area contributed by atoms with E-state index in [9.17, 15) is 39.8 Å². The molecule has 0 saturated heterocycles. The Morgan fingerprint density at radius 3 is 1.28 bits per heavy atom.